The second-order valence-electron chi connectivity index (χ2n) is 8.43. The Balaban J connectivity index is 1.24. The largest absolute Gasteiger partial charge is 0.368 e. The molecule has 5 rings (SSSR count). The molecule has 2 aliphatic heterocycles. The number of piperazine rings is 1. The Hall–Kier alpha value is -3.62. The molecule has 0 bridgehead atoms. The van der Waals surface area contributed by atoms with E-state index < -0.39 is 0 Å². The Bertz CT molecular complexity index is 1170. The molecule has 2 heterocycles. The van der Waals surface area contributed by atoms with Crippen molar-refractivity contribution in [3.8, 4) is 6.07 Å². The fourth-order valence-corrected chi connectivity index (χ4v) is 4.76. The lowest BCUT2D eigenvalue weighted by Gasteiger charge is -2.36. The van der Waals surface area contributed by atoms with Gasteiger partial charge in [-0.1, -0.05) is 42.5 Å². The number of nitrogens with zero attached hydrogens (tertiary/aromatic N) is 4. The van der Waals surface area contributed by atoms with E-state index in [9.17, 15) is 10.1 Å². The molecule has 5 heteroatoms. The molecule has 3 aromatic carbocycles. The maximum Gasteiger partial charge on any atom is 0.258 e. The van der Waals surface area contributed by atoms with E-state index in [0.717, 1.165) is 73.8 Å². The molecule has 3 aromatic rings. The van der Waals surface area contributed by atoms with Gasteiger partial charge in [-0.15, -0.1) is 0 Å². The molecule has 32 heavy (non-hydrogen) atoms. The van der Waals surface area contributed by atoms with Crippen molar-refractivity contribution in [2.75, 3.05) is 42.5 Å². The number of hydrogen-bond donors (Lipinski definition) is 0. The SMILES string of the molecule is N#Cc1ccccc1N1CCN(Cc2cccc(C(=O)N3CCc4ccccc43)c2)CC1. The van der Waals surface area contributed by atoms with Crippen LogP contribution < -0.4 is 9.80 Å². The summed E-state index contributed by atoms with van der Waals surface area (Å²) >= 11 is 0. The summed E-state index contributed by atoms with van der Waals surface area (Å²) in [7, 11) is 0. The molecule has 0 spiro atoms. The fourth-order valence-electron chi connectivity index (χ4n) is 4.76. The zero-order valence-electron chi connectivity index (χ0n) is 18.1. The molecular formula is C27H26N4O. The minimum atomic E-state index is 0.0785. The van der Waals surface area contributed by atoms with Gasteiger partial charge in [0.25, 0.3) is 5.91 Å². The number of para-hydroxylation sites is 2. The summed E-state index contributed by atoms with van der Waals surface area (Å²) < 4.78 is 0. The van der Waals surface area contributed by atoms with Gasteiger partial charge in [0, 0.05) is 50.5 Å². The Morgan fingerprint density at radius 3 is 2.41 bits per heavy atom. The molecule has 0 aliphatic carbocycles. The number of anilines is 2. The summed E-state index contributed by atoms with van der Waals surface area (Å²) in [5.41, 5.74) is 5.95. The number of carbonyl (C=O) groups excluding carboxylic acids is 1. The van der Waals surface area contributed by atoms with Gasteiger partial charge in [0.15, 0.2) is 0 Å². The van der Waals surface area contributed by atoms with Gasteiger partial charge >= 0.3 is 0 Å². The topological polar surface area (TPSA) is 50.6 Å². The van der Waals surface area contributed by atoms with Crippen LogP contribution in [0.25, 0.3) is 0 Å². The van der Waals surface area contributed by atoms with Crippen molar-refractivity contribution in [1.82, 2.24) is 4.90 Å². The number of fused-ring (bicyclic) bond motifs is 1. The summed E-state index contributed by atoms with van der Waals surface area (Å²) in [5, 5.41) is 9.38. The lowest BCUT2D eigenvalue weighted by Crippen LogP contribution is -2.46. The molecule has 160 valence electrons. The predicted molar refractivity (Wildman–Crippen MR) is 127 cm³/mol. The van der Waals surface area contributed by atoms with Crippen LogP contribution >= 0.6 is 0 Å². The second kappa shape index (κ2) is 8.86. The fraction of sp³-hybridized carbons (Fsp3) is 0.259. The van der Waals surface area contributed by atoms with Gasteiger partial charge < -0.3 is 9.80 Å². The third kappa shape index (κ3) is 3.98. The van der Waals surface area contributed by atoms with Crippen molar-refractivity contribution in [2.45, 2.75) is 13.0 Å². The van der Waals surface area contributed by atoms with Gasteiger partial charge in [0.1, 0.15) is 6.07 Å². The van der Waals surface area contributed by atoms with Crippen LogP contribution in [-0.2, 0) is 13.0 Å². The third-order valence-electron chi connectivity index (χ3n) is 6.45. The van der Waals surface area contributed by atoms with Crippen LogP contribution in [0.15, 0.2) is 72.8 Å². The van der Waals surface area contributed by atoms with Gasteiger partial charge in [-0.05, 0) is 47.9 Å². The van der Waals surface area contributed by atoms with Crippen LogP contribution in [0.5, 0.6) is 0 Å². The molecule has 1 amide bonds. The number of nitriles is 1. The summed E-state index contributed by atoms with van der Waals surface area (Å²) in [6, 6.07) is 26.3. The average molecular weight is 423 g/mol. The van der Waals surface area contributed by atoms with Crippen LogP contribution in [-0.4, -0.2) is 43.5 Å². The first-order chi connectivity index (χ1) is 15.7. The highest BCUT2D eigenvalue weighted by Gasteiger charge is 2.25. The highest BCUT2D eigenvalue weighted by atomic mass is 16.2. The number of carbonyl (C=O) groups is 1. The zero-order valence-corrected chi connectivity index (χ0v) is 18.1. The molecular weight excluding hydrogens is 396 g/mol. The van der Waals surface area contributed by atoms with E-state index >= 15 is 0 Å². The molecule has 0 N–H and O–H groups in total. The second-order valence-corrected chi connectivity index (χ2v) is 8.43. The monoisotopic (exact) mass is 422 g/mol. The smallest absolute Gasteiger partial charge is 0.258 e. The minimum absolute atomic E-state index is 0.0785. The van der Waals surface area contributed by atoms with Crippen molar-refractivity contribution in [3.05, 3.63) is 95.1 Å². The van der Waals surface area contributed by atoms with Crippen molar-refractivity contribution in [1.29, 1.82) is 5.26 Å². The standard InChI is InChI=1S/C27H26N4O/c28-19-24-8-2-3-10-25(24)30-16-14-29(15-17-30)20-21-6-5-9-23(18-21)27(32)31-13-12-22-7-1-4-11-26(22)31/h1-11,18H,12-17,20H2. The molecule has 2 aliphatic rings. The highest BCUT2D eigenvalue weighted by Crippen LogP contribution is 2.29. The number of amides is 1. The molecule has 1 fully saturated rings. The quantitative estimate of drug-likeness (QED) is 0.636. The first kappa shape index (κ1) is 20.3. The first-order valence-electron chi connectivity index (χ1n) is 11.2. The Labute approximate surface area is 189 Å². The first-order valence-corrected chi connectivity index (χ1v) is 11.2. The van der Waals surface area contributed by atoms with Crippen molar-refractivity contribution < 1.29 is 4.79 Å². The van der Waals surface area contributed by atoms with Crippen LogP contribution in [0.4, 0.5) is 11.4 Å². The van der Waals surface area contributed by atoms with Gasteiger partial charge in [0.05, 0.1) is 11.3 Å². The molecule has 0 saturated carbocycles. The predicted octanol–water partition coefficient (Wildman–Crippen LogP) is 4.08. The summed E-state index contributed by atoms with van der Waals surface area (Å²) in [4.78, 5) is 19.8. The summed E-state index contributed by atoms with van der Waals surface area (Å²) in [6.45, 7) is 5.21. The van der Waals surface area contributed by atoms with E-state index in [4.69, 9.17) is 0 Å². The van der Waals surface area contributed by atoms with E-state index in [1.54, 1.807) is 0 Å². The molecule has 5 nitrogen and oxygen atoms in total. The van der Waals surface area contributed by atoms with Gasteiger partial charge in [-0.25, -0.2) is 0 Å². The average Bonchev–Trinajstić information content (AvgIpc) is 3.28. The van der Waals surface area contributed by atoms with Crippen LogP contribution in [0.3, 0.4) is 0 Å². The van der Waals surface area contributed by atoms with E-state index in [2.05, 4.69) is 28.0 Å². The van der Waals surface area contributed by atoms with E-state index in [0.29, 0.717) is 0 Å². The normalized spacial score (nSPS) is 16.0. The molecule has 1 saturated heterocycles. The van der Waals surface area contributed by atoms with Crippen molar-refractivity contribution >= 4 is 17.3 Å². The Kier molecular flexibility index (Phi) is 5.62. The Morgan fingerprint density at radius 1 is 0.844 bits per heavy atom. The van der Waals surface area contributed by atoms with Crippen molar-refractivity contribution in [2.24, 2.45) is 0 Å². The lowest BCUT2D eigenvalue weighted by atomic mass is 10.1. The number of hydrogen-bond acceptors (Lipinski definition) is 4. The van der Waals surface area contributed by atoms with Gasteiger partial charge in [-0.2, -0.15) is 5.26 Å². The number of benzene rings is 3. The summed E-state index contributed by atoms with van der Waals surface area (Å²) in [6.07, 6.45) is 0.917. The minimum Gasteiger partial charge on any atom is -0.368 e. The molecule has 0 unspecified atom stereocenters. The van der Waals surface area contributed by atoms with Crippen LogP contribution in [0.1, 0.15) is 27.0 Å². The lowest BCUT2D eigenvalue weighted by molar-refractivity contribution is 0.0989. The number of rotatable bonds is 4. The van der Waals surface area contributed by atoms with E-state index in [1.807, 2.05) is 65.6 Å². The van der Waals surface area contributed by atoms with Crippen LogP contribution in [0.2, 0.25) is 0 Å². The van der Waals surface area contributed by atoms with E-state index in [-0.39, 0.29) is 5.91 Å². The van der Waals surface area contributed by atoms with Gasteiger partial charge in [0.2, 0.25) is 0 Å². The maximum atomic E-state index is 13.2. The summed E-state index contributed by atoms with van der Waals surface area (Å²) in [5.74, 6) is 0.0785. The zero-order chi connectivity index (χ0) is 21.9. The molecule has 0 aromatic heterocycles. The van der Waals surface area contributed by atoms with Crippen molar-refractivity contribution in [3.63, 3.8) is 0 Å². The molecule has 0 atom stereocenters. The van der Waals surface area contributed by atoms with E-state index in [1.165, 1.54) is 5.56 Å². The molecule has 0 radical (unpaired) electrons. The Morgan fingerprint density at radius 2 is 1.59 bits per heavy atom. The van der Waals surface area contributed by atoms with Gasteiger partial charge in [-0.3, -0.25) is 9.69 Å². The maximum absolute atomic E-state index is 13.2. The highest BCUT2D eigenvalue weighted by molar-refractivity contribution is 6.07. The van der Waals surface area contributed by atoms with Crippen LogP contribution in [0, 0.1) is 11.3 Å². The third-order valence-corrected chi connectivity index (χ3v) is 6.45.